The molecule has 2 N–H and O–H groups in total. The molecule has 1 amide bonds. The lowest BCUT2D eigenvalue weighted by Crippen LogP contribution is -2.35. The van der Waals surface area contributed by atoms with E-state index in [9.17, 15) is 4.79 Å². The van der Waals surface area contributed by atoms with Gasteiger partial charge in [-0.05, 0) is 44.0 Å². The van der Waals surface area contributed by atoms with Crippen LogP contribution in [-0.4, -0.2) is 33.9 Å². The molecule has 0 saturated carbocycles. The summed E-state index contributed by atoms with van der Waals surface area (Å²) in [5, 5.41) is 2.91. The number of H-pyrrole nitrogens is 1. The van der Waals surface area contributed by atoms with E-state index in [0.29, 0.717) is 11.5 Å². The summed E-state index contributed by atoms with van der Waals surface area (Å²) in [6.45, 7) is 3.87. The highest BCUT2D eigenvalue weighted by Crippen LogP contribution is 2.27. The molecule has 0 radical (unpaired) electrons. The summed E-state index contributed by atoms with van der Waals surface area (Å²) in [7, 11) is 0. The van der Waals surface area contributed by atoms with E-state index in [4.69, 9.17) is 0 Å². The van der Waals surface area contributed by atoms with Crippen LogP contribution < -0.4 is 10.2 Å². The van der Waals surface area contributed by atoms with Crippen molar-refractivity contribution in [2.75, 3.05) is 23.3 Å². The zero-order chi connectivity index (χ0) is 18.6. The van der Waals surface area contributed by atoms with Crippen molar-refractivity contribution in [3.8, 4) is 0 Å². The highest BCUT2D eigenvalue weighted by molar-refractivity contribution is 6.04. The van der Waals surface area contributed by atoms with Gasteiger partial charge in [0.05, 0.1) is 5.56 Å². The number of benzene rings is 1. The maximum Gasteiger partial charge on any atom is 0.257 e. The summed E-state index contributed by atoms with van der Waals surface area (Å²) in [6, 6.07) is 11.5. The second-order valence-electron chi connectivity index (χ2n) is 6.98. The van der Waals surface area contributed by atoms with Gasteiger partial charge in [0.2, 0.25) is 0 Å². The lowest BCUT2D eigenvalue weighted by atomic mass is 9.97. The van der Waals surface area contributed by atoms with E-state index in [-0.39, 0.29) is 5.91 Å². The normalized spacial score (nSPS) is 16.9. The maximum absolute atomic E-state index is 12.4. The Morgan fingerprint density at radius 2 is 2.04 bits per heavy atom. The number of carbonyl (C=O) groups excluding carboxylic acids is 1. The van der Waals surface area contributed by atoms with Crippen LogP contribution in [0.15, 0.2) is 55.0 Å². The summed E-state index contributed by atoms with van der Waals surface area (Å²) in [4.78, 5) is 26.8. The van der Waals surface area contributed by atoms with Gasteiger partial charge in [-0.25, -0.2) is 9.97 Å². The number of pyridine rings is 1. The number of aryl methyl sites for hydroxylation is 1. The number of nitrogens with zero attached hydrogens (tertiary/aromatic N) is 3. The smallest absolute Gasteiger partial charge is 0.257 e. The van der Waals surface area contributed by atoms with Crippen molar-refractivity contribution in [3.63, 3.8) is 0 Å². The summed E-state index contributed by atoms with van der Waals surface area (Å²) in [5.74, 6) is 2.18. The first-order chi connectivity index (χ1) is 13.2. The Balaban J connectivity index is 1.42. The largest absolute Gasteiger partial charge is 0.356 e. The van der Waals surface area contributed by atoms with Gasteiger partial charge in [0, 0.05) is 43.3 Å². The fraction of sp³-hybridized carbons (Fsp3) is 0.286. The third kappa shape index (κ3) is 4.00. The van der Waals surface area contributed by atoms with Crippen LogP contribution in [0.2, 0.25) is 0 Å². The van der Waals surface area contributed by atoms with Crippen molar-refractivity contribution in [1.29, 1.82) is 0 Å². The van der Waals surface area contributed by atoms with Crippen molar-refractivity contribution in [1.82, 2.24) is 15.0 Å². The van der Waals surface area contributed by atoms with E-state index in [1.54, 1.807) is 12.4 Å². The van der Waals surface area contributed by atoms with Crippen LogP contribution in [0.5, 0.6) is 0 Å². The lowest BCUT2D eigenvalue weighted by Gasteiger charge is -2.32. The van der Waals surface area contributed by atoms with Gasteiger partial charge in [0.15, 0.2) is 0 Å². The van der Waals surface area contributed by atoms with E-state index < -0.39 is 0 Å². The lowest BCUT2D eigenvalue weighted by molar-refractivity contribution is 0.102. The molecule has 1 saturated heterocycles. The van der Waals surface area contributed by atoms with E-state index in [1.165, 1.54) is 0 Å². The zero-order valence-corrected chi connectivity index (χ0v) is 15.4. The number of imidazole rings is 1. The minimum Gasteiger partial charge on any atom is -0.356 e. The summed E-state index contributed by atoms with van der Waals surface area (Å²) >= 11 is 0. The molecule has 1 aliphatic heterocycles. The van der Waals surface area contributed by atoms with Gasteiger partial charge in [-0.2, -0.15) is 0 Å². The third-order valence-electron chi connectivity index (χ3n) is 4.97. The van der Waals surface area contributed by atoms with Crippen molar-refractivity contribution < 1.29 is 4.79 Å². The monoisotopic (exact) mass is 361 g/mol. The Morgan fingerprint density at radius 1 is 1.19 bits per heavy atom. The topological polar surface area (TPSA) is 73.9 Å². The van der Waals surface area contributed by atoms with Crippen LogP contribution in [0, 0.1) is 6.92 Å². The minimum atomic E-state index is -0.148. The van der Waals surface area contributed by atoms with Gasteiger partial charge in [-0.1, -0.05) is 17.7 Å². The van der Waals surface area contributed by atoms with Crippen molar-refractivity contribution in [2.45, 2.75) is 25.7 Å². The number of aromatic amines is 1. The molecule has 1 aromatic carbocycles. The molecule has 3 heterocycles. The Labute approximate surface area is 158 Å². The molecule has 27 heavy (non-hydrogen) atoms. The average Bonchev–Trinajstić information content (AvgIpc) is 3.25. The molecular weight excluding hydrogens is 338 g/mol. The first kappa shape index (κ1) is 17.3. The number of anilines is 2. The number of carbonyl (C=O) groups is 1. The third-order valence-corrected chi connectivity index (χ3v) is 4.97. The molecule has 1 atom stereocenters. The second kappa shape index (κ2) is 7.61. The quantitative estimate of drug-likeness (QED) is 0.742. The second-order valence-corrected chi connectivity index (χ2v) is 6.98. The van der Waals surface area contributed by atoms with Crippen LogP contribution in [-0.2, 0) is 0 Å². The standard InChI is InChI=1S/C21H23N5O/c1-15-4-7-18(8-5-15)25-21(27)16-6-9-19(24-13-16)26-12-2-3-17(14-26)20-22-10-11-23-20/h4-11,13,17H,2-3,12,14H2,1H3,(H,22,23)(H,25,27). The van der Waals surface area contributed by atoms with Crippen LogP contribution in [0.1, 0.15) is 40.5 Å². The fourth-order valence-corrected chi connectivity index (χ4v) is 3.46. The van der Waals surface area contributed by atoms with Crippen LogP contribution in [0.3, 0.4) is 0 Å². The van der Waals surface area contributed by atoms with Gasteiger partial charge in [0.25, 0.3) is 5.91 Å². The molecule has 1 aliphatic rings. The highest BCUT2D eigenvalue weighted by atomic mass is 16.1. The van der Waals surface area contributed by atoms with Gasteiger partial charge in [-0.3, -0.25) is 4.79 Å². The van der Waals surface area contributed by atoms with Crippen LogP contribution >= 0.6 is 0 Å². The fourth-order valence-electron chi connectivity index (χ4n) is 3.46. The molecule has 6 nitrogen and oxygen atoms in total. The molecule has 0 bridgehead atoms. The van der Waals surface area contributed by atoms with E-state index in [0.717, 1.165) is 48.8 Å². The van der Waals surface area contributed by atoms with Crippen LogP contribution in [0.25, 0.3) is 0 Å². The summed E-state index contributed by atoms with van der Waals surface area (Å²) in [6.07, 6.45) is 7.54. The summed E-state index contributed by atoms with van der Waals surface area (Å²) in [5.41, 5.74) is 2.50. The molecule has 2 aromatic heterocycles. The Morgan fingerprint density at radius 3 is 2.74 bits per heavy atom. The SMILES string of the molecule is Cc1ccc(NC(=O)c2ccc(N3CCCC(c4ncc[nH]4)C3)nc2)cc1. The maximum atomic E-state index is 12.4. The van der Waals surface area contributed by atoms with Crippen LogP contribution in [0.4, 0.5) is 11.5 Å². The van der Waals surface area contributed by atoms with Gasteiger partial charge < -0.3 is 15.2 Å². The zero-order valence-electron chi connectivity index (χ0n) is 15.4. The predicted molar refractivity (Wildman–Crippen MR) is 106 cm³/mol. The molecule has 3 aromatic rings. The number of aromatic nitrogens is 3. The van der Waals surface area contributed by atoms with Gasteiger partial charge in [-0.15, -0.1) is 0 Å². The summed E-state index contributed by atoms with van der Waals surface area (Å²) < 4.78 is 0. The molecule has 6 heteroatoms. The Kier molecular flexibility index (Phi) is 4.87. The van der Waals surface area contributed by atoms with Crippen molar-refractivity contribution in [2.24, 2.45) is 0 Å². The van der Waals surface area contributed by atoms with Gasteiger partial charge >= 0.3 is 0 Å². The van der Waals surface area contributed by atoms with Gasteiger partial charge in [0.1, 0.15) is 11.6 Å². The van der Waals surface area contributed by atoms with E-state index in [1.807, 2.05) is 49.5 Å². The first-order valence-electron chi connectivity index (χ1n) is 9.27. The molecular formula is C21H23N5O. The number of piperidine rings is 1. The Hall–Kier alpha value is -3.15. The van der Waals surface area contributed by atoms with E-state index in [2.05, 4.69) is 25.2 Å². The minimum absolute atomic E-state index is 0.148. The van der Waals surface area contributed by atoms with Crippen molar-refractivity contribution in [3.05, 3.63) is 71.9 Å². The molecule has 138 valence electrons. The average molecular weight is 361 g/mol. The number of amides is 1. The number of nitrogens with one attached hydrogen (secondary N) is 2. The van der Waals surface area contributed by atoms with Crippen molar-refractivity contribution >= 4 is 17.4 Å². The first-order valence-corrected chi connectivity index (χ1v) is 9.27. The predicted octanol–water partition coefficient (Wildman–Crippen LogP) is 3.75. The Bertz CT molecular complexity index is 887. The molecule has 4 rings (SSSR count). The molecule has 0 spiro atoms. The molecule has 1 unspecified atom stereocenters. The number of hydrogen-bond acceptors (Lipinski definition) is 4. The molecule has 0 aliphatic carbocycles. The van der Waals surface area contributed by atoms with E-state index >= 15 is 0 Å². The highest BCUT2D eigenvalue weighted by Gasteiger charge is 2.24. The molecule has 1 fully saturated rings. The number of hydrogen-bond donors (Lipinski definition) is 2. The number of rotatable bonds is 4.